The van der Waals surface area contributed by atoms with Crippen LogP contribution in [0.1, 0.15) is 11.3 Å². The number of fused-ring (bicyclic) bond motifs is 1. The molecule has 0 spiro atoms. The van der Waals surface area contributed by atoms with E-state index in [2.05, 4.69) is 0 Å². The summed E-state index contributed by atoms with van der Waals surface area (Å²) in [6.07, 6.45) is 2.15. The van der Waals surface area contributed by atoms with Gasteiger partial charge in [0.25, 0.3) is 0 Å². The predicted octanol–water partition coefficient (Wildman–Crippen LogP) is 3.07. The number of hydrogen-bond acceptors (Lipinski definition) is 2. The lowest BCUT2D eigenvalue weighted by Crippen LogP contribution is -2.31. The monoisotopic (exact) mass is 265 g/mol. The van der Waals surface area contributed by atoms with Gasteiger partial charge < -0.3 is 9.94 Å². The van der Waals surface area contributed by atoms with E-state index in [0.29, 0.717) is 6.42 Å². The first-order chi connectivity index (χ1) is 9.78. The summed E-state index contributed by atoms with van der Waals surface area (Å²) in [4.78, 5) is 0. The van der Waals surface area contributed by atoms with Crippen molar-refractivity contribution < 1.29 is 9.47 Å². The highest BCUT2D eigenvalue weighted by Crippen LogP contribution is 2.20. The van der Waals surface area contributed by atoms with Crippen LogP contribution in [0.25, 0.3) is 10.8 Å². The van der Waals surface area contributed by atoms with E-state index in [1.165, 1.54) is 0 Å². The zero-order valence-electron chi connectivity index (χ0n) is 11.2. The van der Waals surface area contributed by atoms with E-state index in [9.17, 15) is 5.21 Å². The maximum Gasteiger partial charge on any atom is 0.204 e. The average molecular weight is 265 g/mol. The van der Waals surface area contributed by atoms with Gasteiger partial charge in [0.15, 0.2) is 6.20 Å². The van der Waals surface area contributed by atoms with Gasteiger partial charge in [0.1, 0.15) is 5.75 Å². The zero-order valence-corrected chi connectivity index (χ0v) is 11.2. The lowest BCUT2D eigenvalue weighted by Gasteiger charge is -2.09. The molecule has 0 radical (unpaired) electrons. The van der Waals surface area contributed by atoms with Crippen molar-refractivity contribution in [1.29, 1.82) is 0 Å². The molecule has 0 bridgehead atoms. The van der Waals surface area contributed by atoms with Gasteiger partial charge >= 0.3 is 0 Å². The Balaban J connectivity index is 2.07. The van der Waals surface area contributed by atoms with Crippen LogP contribution in [0, 0.1) is 5.21 Å². The lowest BCUT2D eigenvalue weighted by molar-refractivity contribution is -0.611. The van der Waals surface area contributed by atoms with Gasteiger partial charge in [0.05, 0.1) is 18.9 Å². The summed E-state index contributed by atoms with van der Waals surface area (Å²) in [5.74, 6) is 0.806. The smallest absolute Gasteiger partial charge is 0.204 e. The molecule has 0 N–H and O–H groups in total. The molecule has 0 aliphatic rings. The van der Waals surface area contributed by atoms with Crippen LogP contribution < -0.4 is 9.47 Å². The molecule has 0 amide bonds. The van der Waals surface area contributed by atoms with E-state index in [-0.39, 0.29) is 0 Å². The summed E-state index contributed by atoms with van der Waals surface area (Å²) in [6, 6.07) is 17.6. The number of methoxy groups -OCH3 is 1. The number of aromatic nitrogens is 1. The van der Waals surface area contributed by atoms with Crippen molar-refractivity contribution in [3.8, 4) is 5.75 Å². The Hall–Kier alpha value is -2.55. The molecule has 0 fully saturated rings. The third-order valence-electron chi connectivity index (χ3n) is 3.43. The zero-order chi connectivity index (χ0) is 13.9. The molecule has 3 nitrogen and oxygen atoms in total. The number of benzene rings is 2. The van der Waals surface area contributed by atoms with Crippen molar-refractivity contribution in [1.82, 2.24) is 0 Å². The van der Waals surface area contributed by atoms with Gasteiger partial charge in [-0.3, -0.25) is 0 Å². The van der Waals surface area contributed by atoms with Gasteiger partial charge in [-0.2, -0.15) is 4.73 Å². The summed E-state index contributed by atoms with van der Waals surface area (Å²) in [5, 5.41) is 14.2. The van der Waals surface area contributed by atoms with Crippen LogP contribution >= 0.6 is 0 Å². The van der Waals surface area contributed by atoms with E-state index in [1.807, 2.05) is 54.6 Å². The van der Waals surface area contributed by atoms with Crippen molar-refractivity contribution in [2.24, 2.45) is 0 Å². The van der Waals surface area contributed by atoms with Crippen molar-refractivity contribution in [2.45, 2.75) is 6.42 Å². The van der Waals surface area contributed by atoms with E-state index < -0.39 is 0 Å². The molecule has 0 aliphatic carbocycles. The van der Waals surface area contributed by atoms with Crippen molar-refractivity contribution in [3.05, 3.63) is 77.3 Å². The second-order valence-corrected chi connectivity index (χ2v) is 4.70. The summed E-state index contributed by atoms with van der Waals surface area (Å²) in [6.45, 7) is 0. The Morgan fingerprint density at radius 1 is 1.05 bits per heavy atom. The Bertz CT molecular complexity index is 753. The van der Waals surface area contributed by atoms with Crippen LogP contribution in [0.15, 0.2) is 60.8 Å². The largest absolute Gasteiger partial charge is 0.618 e. The van der Waals surface area contributed by atoms with Crippen molar-refractivity contribution in [2.75, 3.05) is 7.11 Å². The molecule has 3 rings (SSSR count). The van der Waals surface area contributed by atoms with Gasteiger partial charge in [0.2, 0.25) is 5.69 Å². The summed E-state index contributed by atoms with van der Waals surface area (Å²) < 4.78 is 6.17. The van der Waals surface area contributed by atoms with E-state index in [4.69, 9.17) is 4.74 Å². The van der Waals surface area contributed by atoms with Crippen molar-refractivity contribution >= 4 is 10.8 Å². The third-order valence-corrected chi connectivity index (χ3v) is 3.43. The Labute approximate surface area is 117 Å². The number of ether oxygens (including phenoxy) is 1. The molecule has 0 saturated carbocycles. The summed E-state index contributed by atoms with van der Waals surface area (Å²) in [5.41, 5.74) is 1.82. The van der Waals surface area contributed by atoms with Crippen LogP contribution in [-0.2, 0) is 6.42 Å². The molecule has 0 atom stereocenters. The number of pyridine rings is 1. The topological polar surface area (TPSA) is 36.2 Å². The molecule has 1 aromatic heterocycles. The standard InChI is InChI=1S/C17H15NO2/c1-20-15-7-4-5-13(11-15)12-17-16-8-3-2-6-14(16)9-10-18(17)19/h2-11H,12H2,1H3. The van der Waals surface area contributed by atoms with E-state index in [0.717, 1.165) is 32.5 Å². The third kappa shape index (κ3) is 2.30. The fourth-order valence-corrected chi connectivity index (χ4v) is 2.41. The maximum absolute atomic E-state index is 12.1. The van der Waals surface area contributed by atoms with Gasteiger partial charge in [-0.05, 0) is 29.1 Å². The number of hydrogen-bond donors (Lipinski definition) is 0. The van der Waals surface area contributed by atoms with Crippen LogP contribution in [0.4, 0.5) is 0 Å². The first-order valence-corrected chi connectivity index (χ1v) is 6.50. The van der Waals surface area contributed by atoms with Crippen LogP contribution in [0.2, 0.25) is 0 Å². The molecule has 100 valence electrons. The Morgan fingerprint density at radius 3 is 2.75 bits per heavy atom. The highest BCUT2D eigenvalue weighted by atomic mass is 16.5. The minimum absolute atomic E-state index is 0.585. The maximum atomic E-state index is 12.1. The van der Waals surface area contributed by atoms with Crippen LogP contribution in [0.5, 0.6) is 5.75 Å². The van der Waals surface area contributed by atoms with Gasteiger partial charge in [-0.25, -0.2) is 0 Å². The van der Waals surface area contributed by atoms with Crippen LogP contribution in [0.3, 0.4) is 0 Å². The van der Waals surface area contributed by atoms with Gasteiger partial charge in [0, 0.05) is 6.07 Å². The van der Waals surface area contributed by atoms with Crippen molar-refractivity contribution in [3.63, 3.8) is 0 Å². The fourth-order valence-electron chi connectivity index (χ4n) is 2.41. The normalized spacial score (nSPS) is 10.7. The average Bonchev–Trinajstić information content (AvgIpc) is 2.50. The highest BCUT2D eigenvalue weighted by Gasteiger charge is 2.12. The molecule has 2 aromatic carbocycles. The fraction of sp³-hybridized carbons (Fsp3) is 0.118. The van der Waals surface area contributed by atoms with Gasteiger partial charge in [-0.15, -0.1) is 0 Å². The molecule has 0 saturated heterocycles. The molecule has 0 unspecified atom stereocenters. The van der Waals surface area contributed by atoms with Gasteiger partial charge in [-0.1, -0.05) is 30.3 Å². The quantitative estimate of drug-likeness (QED) is 0.539. The minimum Gasteiger partial charge on any atom is -0.618 e. The molecule has 0 aliphatic heterocycles. The second kappa shape index (κ2) is 5.21. The summed E-state index contributed by atoms with van der Waals surface area (Å²) in [7, 11) is 1.64. The molecule has 20 heavy (non-hydrogen) atoms. The SMILES string of the molecule is COc1cccc(Cc2c3ccccc3cc[n+]2[O-])c1. The second-order valence-electron chi connectivity index (χ2n) is 4.70. The van der Waals surface area contributed by atoms with Crippen LogP contribution in [-0.4, -0.2) is 7.11 Å². The molecular formula is C17H15NO2. The number of rotatable bonds is 3. The Morgan fingerprint density at radius 2 is 1.90 bits per heavy atom. The summed E-state index contributed by atoms with van der Waals surface area (Å²) >= 11 is 0. The van der Waals surface area contributed by atoms with E-state index in [1.54, 1.807) is 13.3 Å². The number of nitrogens with zero attached hydrogens (tertiary/aromatic N) is 1. The molecular weight excluding hydrogens is 250 g/mol. The lowest BCUT2D eigenvalue weighted by atomic mass is 10.0. The molecule has 3 aromatic rings. The minimum atomic E-state index is 0.585. The molecule has 1 heterocycles. The highest BCUT2D eigenvalue weighted by molar-refractivity contribution is 5.83. The Kier molecular flexibility index (Phi) is 3.25. The first-order valence-electron chi connectivity index (χ1n) is 6.50. The first kappa shape index (κ1) is 12.5. The predicted molar refractivity (Wildman–Crippen MR) is 78.7 cm³/mol. The van der Waals surface area contributed by atoms with E-state index >= 15 is 0 Å². The molecule has 3 heteroatoms.